The Hall–Kier alpha value is -5.30. The first-order chi connectivity index (χ1) is 32.4. The molecule has 0 fully saturated rings. The Morgan fingerprint density at radius 3 is 1.41 bits per heavy atom. The Kier molecular flexibility index (Phi) is 23.9. The number of hydrogen-bond acceptors (Lipinski definition) is 8. The maximum absolute atomic E-state index is 11.7. The van der Waals surface area contributed by atoms with Crippen molar-refractivity contribution in [2.45, 2.75) is 107 Å². The van der Waals surface area contributed by atoms with Crippen LogP contribution in [0.5, 0.6) is 0 Å². The van der Waals surface area contributed by atoms with E-state index < -0.39 is 0 Å². The van der Waals surface area contributed by atoms with Gasteiger partial charge in [0.25, 0.3) is 0 Å². The molecule has 0 saturated carbocycles. The van der Waals surface area contributed by atoms with Crippen molar-refractivity contribution in [3.05, 3.63) is 138 Å². The molecule has 0 unspecified atom stereocenters. The molecule has 0 amide bonds. The van der Waals surface area contributed by atoms with Gasteiger partial charge >= 0.3 is 0 Å². The maximum Gasteiger partial charge on any atom is 0.189 e. The molecule has 8 nitrogen and oxygen atoms in total. The van der Waals surface area contributed by atoms with E-state index in [0.29, 0.717) is 11.3 Å². The summed E-state index contributed by atoms with van der Waals surface area (Å²) in [5.74, 6) is 1.09. The number of nitrogens with zero attached hydrogens (tertiary/aromatic N) is 4. The average Bonchev–Trinajstić information content (AvgIpc) is 3.74. The van der Waals surface area contributed by atoms with Crippen LogP contribution in [0.3, 0.4) is 0 Å². The smallest absolute Gasteiger partial charge is 0.189 e. The van der Waals surface area contributed by atoms with Gasteiger partial charge in [-0.25, -0.2) is 16.2 Å². The van der Waals surface area contributed by atoms with E-state index >= 15 is 0 Å². The summed E-state index contributed by atoms with van der Waals surface area (Å²) >= 11 is 1.69. The molecule has 0 bridgehead atoms. The second kappa shape index (κ2) is 28.4. The van der Waals surface area contributed by atoms with Gasteiger partial charge in [0.2, 0.25) is 0 Å². The van der Waals surface area contributed by atoms with Crippen molar-refractivity contribution in [1.29, 1.82) is 5.26 Å². The summed E-state index contributed by atoms with van der Waals surface area (Å²) in [7, 11) is 0. The van der Waals surface area contributed by atoms with Crippen molar-refractivity contribution in [2.24, 2.45) is 23.7 Å². The summed E-state index contributed by atoms with van der Waals surface area (Å²) in [6.45, 7) is 23.5. The Bertz CT molecular complexity index is 2790. The number of thiophene rings is 1. The predicted molar refractivity (Wildman–Crippen MR) is 277 cm³/mol. The molecule has 7 rings (SSSR count). The number of carbonyl (C=O) groups excluding carboxylic acids is 2. The number of aromatic nitrogens is 2. The molecule has 3 heterocycles. The summed E-state index contributed by atoms with van der Waals surface area (Å²) < 4.78 is 2.19. The van der Waals surface area contributed by atoms with Gasteiger partial charge in [-0.3, -0.25) is 19.6 Å². The Morgan fingerprint density at radius 2 is 1.01 bits per heavy atom. The van der Waals surface area contributed by atoms with Gasteiger partial charge in [-0.05, 0) is 91.7 Å². The molecule has 0 atom stereocenters. The standard InChI is InChI=1S/C32H14N4S.2C13H24O2.2Pt/c1-34-22-13-10-21-12-15-28(36-30(21)17-22)26-7-3-5-24-23-4-2-6-25(31(23)37-32(24)26)27-14-11-20-9-8-19(18-33)16-29(20)35-27;2*1-5-10(6-2)12(14)9-13(15)11(7-3)8-4;;/h2-5,8-17H;2*9-11,14H,5-8H2,1-4H3;;/q-2;;;;/b;2*12-9-;;. The third-order valence-electron chi connectivity index (χ3n) is 12.7. The Labute approximate surface area is 441 Å². The molecule has 366 valence electrons. The average molecular weight is 1300 g/mol. The molecular formula is C58H62N4O4Pt2S-2. The Morgan fingerprint density at radius 1 is 0.623 bits per heavy atom. The number of pyridine rings is 2. The molecule has 0 aliphatic carbocycles. The number of benzene rings is 4. The molecule has 69 heavy (non-hydrogen) atoms. The van der Waals surface area contributed by atoms with E-state index in [0.717, 1.165) is 116 Å². The van der Waals surface area contributed by atoms with Crippen LogP contribution < -0.4 is 0 Å². The third kappa shape index (κ3) is 14.4. The summed E-state index contributed by atoms with van der Waals surface area (Å²) in [5.41, 5.74) is 6.26. The summed E-state index contributed by atoms with van der Waals surface area (Å²) in [6, 6.07) is 36.3. The van der Waals surface area contributed by atoms with E-state index in [1.54, 1.807) is 11.3 Å². The van der Waals surface area contributed by atoms with E-state index in [4.69, 9.17) is 16.5 Å². The van der Waals surface area contributed by atoms with Crippen LogP contribution in [0.1, 0.15) is 112 Å². The second-order valence-electron chi connectivity index (χ2n) is 16.7. The minimum atomic E-state index is 0. The van der Waals surface area contributed by atoms with E-state index in [9.17, 15) is 25.1 Å². The Balaban J connectivity index is 0.000000331. The topological polar surface area (TPSA) is 129 Å². The van der Waals surface area contributed by atoms with Gasteiger partial charge in [0.05, 0.1) is 35.2 Å². The number of aliphatic hydroxyl groups is 2. The molecule has 3 aromatic heterocycles. The van der Waals surface area contributed by atoms with E-state index in [2.05, 4.69) is 35.2 Å². The summed E-state index contributed by atoms with van der Waals surface area (Å²) in [6.07, 6.45) is 9.81. The van der Waals surface area contributed by atoms with E-state index in [-0.39, 0.29) is 88.9 Å². The third-order valence-corrected chi connectivity index (χ3v) is 14.0. The largest absolute Gasteiger partial charge is 0.512 e. The molecule has 0 radical (unpaired) electrons. The first-order valence-corrected chi connectivity index (χ1v) is 24.5. The van der Waals surface area contributed by atoms with Crippen molar-refractivity contribution >= 4 is 70.6 Å². The van der Waals surface area contributed by atoms with Crippen molar-refractivity contribution in [1.82, 2.24) is 9.97 Å². The van der Waals surface area contributed by atoms with Crippen LogP contribution in [0.2, 0.25) is 0 Å². The number of allylic oxidation sites excluding steroid dienone is 4. The van der Waals surface area contributed by atoms with Crippen LogP contribution in [0.4, 0.5) is 5.69 Å². The molecule has 0 saturated heterocycles. The maximum atomic E-state index is 11.7. The first-order valence-electron chi connectivity index (χ1n) is 23.7. The number of ketones is 2. The number of rotatable bonds is 16. The van der Waals surface area contributed by atoms with Crippen LogP contribution in [0.15, 0.2) is 109 Å². The zero-order chi connectivity index (χ0) is 48.6. The van der Waals surface area contributed by atoms with Gasteiger partial charge in [-0.15, -0.1) is 58.3 Å². The van der Waals surface area contributed by atoms with Gasteiger partial charge in [-0.1, -0.05) is 107 Å². The van der Waals surface area contributed by atoms with Gasteiger partial charge in [0, 0.05) is 83.5 Å². The van der Waals surface area contributed by atoms with Crippen molar-refractivity contribution < 1.29 is 61.9 Å². The van der Waals surface area contributed by atoms with Crippen LogP contribution in [0, 0.1) is 53.7 Å². The fourth-order valence-electron chi connectivity index (χ4n) is 8.29. The van der Waals surface area contributed by atoms with Crippen LogP contribution in [0.25, 0.3) is 69.3 Å². The zero-order valence-electron chi connectivity index (χ0n) is 40.7. The monoisotopic (exact) mass is 1300 g/mol. The fourth-order valence-corrected chi connectivity index (χ4v) is 9.60. The molecule has 2 N–H and O–H groups in total. The minimum absolute atomic E-state index is 0. The molecule has 0 aliphatic heterocycles. The molecule has 0 spiro atoms. The zero-order valence-corrected chi connectivity index (χ0v) is 46.1. The molecular weight excluding hydrogens is 1240 g/mol. The normalized spacial score (nSPS) is 11.4. The van der Waals surface area contributed by atoms with E-state index in [1.165, 1.54) is 12.2 Å². The van der Waals surface area contributed by atoms with Crippen molar-refractivity contribution in [2.75, 3.05) is 0 Å². The van der Waals surface area contributed by atoms with Crippen molar-refractivity contribution in [3.8, 4) is 28.6 Å². The van der Waals surface area contributed by atoms with Gasteiger partial charge in [-0.2, -0.15) is 5.26 Å². The molecule has 0 aliphatic rings. The van der Waals surface area contributed by atoms with Crippen LogP contribution in [-0.4, -0.2) is 31.7 Å². The number of nitriles is 1. The molecule has 4 aromatic carbocycles. The van der Waals surface area contributed by atoms with Crippen molar-refractivity contribution in [3.63, 3.8) is 0 Å². The molecule has 7 aromatic rings. The number of fused-ring (bicyclic) bond motifs is 5. The van der Waals surface area contributed by atoms with Crippen LogP contribution >= 0.6 is 11.3 Å². The number of carbonyl (C=O) groups is 2. The SMILES string of the molecule is CCC(CC)C(=O)/C=C(\O)C(CC)CC.CCC(CC)C(=O)/C=C(\O)C(CC)CC.[C-]#[N+]c1ccc2ccc(-c3[c-]ccc4c3sc3c(-c5ccc6ccc(C#N)cc6n5)[c-]ccc34)nc2c1.[Pt].[Pt]. The summed E-state index contributed by atoms with van der Waals surface area (Å²) in [4.78, 5) is 36.8. The number of aliphatic hydroxyl groups excluding tert-OH is 2. The van der Waals surface area contributed by atoms with Gasteiger partial charge < -0.3 is 10.2 Å². The minimum Gasteiger partial charge on any atom is -0.512 e. The fraction of sp³-hybridized carbons (Fsp3) is 0.345. The van der Waals surface area contributed by atoms with Crippen LogP contribution in [-0.2, 0) is 51.7 Å². The first kappa shape index (κ1) is 58.0. The predicted octanol–water partition coefficient (Wildman–Crippen LogP) is 16.2. The van der Waals surface area contributed by atoms with E-state index in [1.807, 2.05) is 128 Å². The number of hydrogen-bond donors (Lipinski definition) is 2. The van der Waals surface area contributed by atoms with Gasteiger partial charge in [0.15, 0.2) is 17.3 Å². The summed E-state index contributed by atoms with van der Waals surface area (Å²) in [5, 5.41) is 33.1. The van der Waals surface area contributed by atoms with Gasteiger partial charge in [0.1, 0.15) is 0 Å². The molecule has 11 heteroatoms. The quantitative estimate of drug-likeness (QED) is 0.0560. The second-order valence-corrected chi connectivity index (χ2v) is 17.7.